The van der Waals surface area contributed by atoms with Gasteiger partial charge in [0.2, 0.25) is 5.91 Å². The standard InChI is InChI=1S/C18H27N3O3.ClH/c1-18(2,3)15(19)17(23)21-11-9-20(10-12-21)16(22)13-5-7-14(24-4)8-6-13;/h5-8,15H,9-12,19H2,1-4H3;1H/t15-;/m1./s1. The zero-order chi connectivity index (χ0) is 17.9. The molecule has 0 radical (unpaired) electrons. The molecule has 140 valence electrons. The SMILES string of the molecule is COc1ccc(C(=O)N2CCN(C(=O)[C@@H](N)C(C)(C)C)CC2)cc1.Cl. The summed E-state index contributed by atoms with van der Waals surface area (Å²) in [4.78, 5) is 28.5. The van der Waals surface area contributed by atoms with Crippen LogP contribution in [0.4, 0.5) is 0 Å². The Kier molecular flexibility index (Phi) is 7.26. The van der Waals surface area contributed by atoms with Crippen LogP contribution in [0.15, 0.2) is 24.3 Å². The van der Waals surface area contributed by atoms with Crippen molar-refractivity contribution in [3.05, 3.63) is 29.8 Å². The monoisotopic (exact) mass is 369 g/mol. The number of ether oxygens (including phenoxy) is 1. The molecule has 1 fully saturated rings. The van der Waals surface area contributed by atoms with Crippen LogP contribution in [0.2, 0.25) is 0 Å². The van der Waals surface area contributed by atoms with Crippen molar-refractivity contribution >= 4 is 24.2 Å². The molecule has 2 amide bonds. The summed E-state index contributed by atoms with van der Waals surface area (Å²) in [6.07, 6.45) is 0. The quantitative estimate of drug-likeness (QED) is 0.881. The van der Waals surface area contributed by atoms with Crippen LogP contribution in [0.3, 0.4) is 0 Å². The minimum atomic E-state index is -0.527. The van der Waals surface area contributed by atoms with E-state index in [0.717, 1.165) is 5.75 Å². The summed E-state index contributed by atoms with van der Waals surface area (Å²) >= 11 is 0. The average molecular weight is 370 g/mol. The molecule has 1 saturated heterocycles. The Morgan fingerprint density at radius 1 is 1.04 bits per heavy atom. The topological polar surface area (TPSA) is 75.9 Å². The minimum Gasteiger partial charge on any atom is -0.497 e. The largest absolute Gasteiger partial charge is 0.497 e. The normalized spacial score (nSPS) is 16.0. The van der Waals surface area contributed by atoms with Gasteiger partial charge in [0, 0.05) is 31.7 Å². The van der Waals surface area contributed by atoms with E-state index in [1.54, 1.807) is 41.2 Å². The molecule has 25 heavy (non-hydrogen) atoms. The van der Waals surface area contributed by atoms with E-state index in [-0.39, 0.29) is 29.6 Å². The van der Waals surface area contributed by atoms with Gasteiger partial charge in [-0.1, -0.05) is 20.8 Å². The minimum absolute atomic E-state index is 0. The first-order valence-electron chi connectivity index (χ1n) is 8.21. The molecule has 2 N–H and O–H groups in total. The Labute approximate surface area is 155 Å². The molecule has 0 spiro atoms. The summed E-state index contributed by atoms with van der Waals surface area (Å²) in [5.74, 6) is 0.655. The van der Waals surface area contributed by atoms with E-state index >= 15 is 0 Å². The number of carbonyl (C=O) groups is 2. The van der Waals surface area contributed by atoms with Gasteiger partial charge in [-0.15, -0.1) is 12.4 Å². The number of nitrogens with two attached hydrogens (primary N) is 1. The fourth-order valence-electron chi connectivity index (χ4n) is 2.61. The maximum atomic E-state index is 12.5. The lowest BCUT2D eigenvalue weighted by Gasteiger charge is -2.38. The van der Waals surface area contributed by atoms with E-state index in [1.807, 2.05) is 20.8 Å². The first-order valence-corrected chi connectivity index (χ1v) is 8.21. The second kappa shape index (κ2) is 8.54. The highest BCUT2D eigenvalue weighted by Crippen LogP contribution is 2.20. The number of piperazine rings is 1. The average Bonchev–Trinajstić information content (AvgIpc) is 2.59. The number of hydrogen-bond acceptors (Lipinski definition) is 4. The van der Waals surface area contributed by atoms with Gasteiger partial charge in [0.05, 0.1) is 13.2 Å². The van der Waals surface area contributed by atoms with Crippen LogP contribution in [0.1, 0.15) is 31.1 Å². The number of rotatable bonds is 3. The summed E-state index contributed by atoms with van der Waals surface area (Å²) < 4.78 is 5.10. The Morgan fingerprint density at radius 2 is 1.52 bits per heavy atom. The van der Waals surface area contributed by atoms with Gasteiger partial charge >= 0.3 is 0 Å². The Morgan fingerprint density at radius 3 is 1.96 bits per heavy atom. The molecule has 1 aliphatic rings. The molecular formula is C18H28ClN3O3. The van der Waals surface area contributed by atoms with Crippen LogP contribution in [-0.2, 0) is 4.79 Å². The lowest BCUT2D eigenvalue weighted by atomic mass is 9.86. The molecule has 6 nitrogen and oxygen atoms in total. The van der Waals surface area contributed by atoms with E-state index in [9.17, 15) is 9.59 Å². The van der Waals surface area contributed by atoms with Gasteiger partial charge in [0.15, 0.2) is 0 Å². The molecule has 0 bridgehead atoms. The van der Waals surface area contributed by atoms with E-state index < -0.39 is 6.04 Å². The highest BCUT2D eigenvalue weighted by molar-refractivity contribution is 5.94. The third-order valence-corrected chi connectivity index (χ3v) is 4.41. The lowest BCUT2D eigenvalue weighted by molar-refractivity contribution is -0.136. The highest BCUT2D eigenvalue weighted by atomic mass is 35.5. The van der Waals surface area contributed by atoms with E-state index in [4.69, 9.17) is 10.5 Å². The van der Waals surface area contributed by atoms with E-state index in [1.165, 1.54) is 0 Å². The van der Waals surface area contributed by atoms with Crippen molar-refractivity contribution < 1.29 is 14.3 Å². The van der Waals surface area contributed by atoms with Crippen molar-refractivity contribution in [2.24, 2.45) is 11.1 Å². The van der Waals surface area contributed by atoms with Gasteiger partial charge in [-0.05, 0) is 29.7 Å². The number of amides is 2. The summed E-state index contributed by atoms with van der Waals surface area (Å²) in [6, 6.07) is 6.54. The number of hydrogen-bond donors (Lipinski definition) is 1. The van der Waals surface area contributed by atoms with Crippen molar-refractivity contribution in [2.45, 2.75) is 26.8 Å². The lowest BCUT2D eigenvalue weighted by Crippen LogP contribution is -2.56. The molecule has 0 saturated carbocycles. The summed E-state index contributed by atoms with van der Waals surface area (Å²) in [7, 11) is 1.59. The van der Waals surface area contributed by atoms with Crippen LogP contribution in [0.25, 0.3) is 0 Å². The molecule has 0 aliphatic carbocycles. The van der Waals surface area contributed by atoms with Gasteiger partial charge in [-0.25, -0.2) is 0 Å². The smallest absolute Gasteiger partial charge is 0.253 e. The fraction of sp³-hybridized carbons (Fsp3) is 0.556. The van der Waals surface area contributed by atoms with Crippen LogP contribution in [0, 0.1) is 5.41 Å². The number of benzene rings is 1. The number of methoxy groups -OCH3 is 1. The predicted octanol–water partition coefficient (Wildman–Crippen LogP) is 1.77. The zero-order valence-corrected chi connectivity index (χ0v) is 16.1. The maximum absolute atomic E-state index is 12.5. The third-order valence-electron chi connectivity index (χ3n) is 4.41. The van der Waals surface area contributed by atoms with E-state index in [2.05, 4.69) is 0 Å². The van der Waals surface area contributed by atoms with Crippen molar-refractivity contribution in [1.29, 1.82) is 0 Å². The number of halogens is 1. The highest BCUT2D eigenvalue weighted by Gasteiger charge is 2.33. The second-order valence-corrected chi connectivity index (χ2v) is 7.19. The van der Waals surface area contributed by atoms with Gasteiger partial charge < -0.3 is 20.3 Å². The molecule has 1 aliphatic heterocycles. The first-order chi connectivity index (χ1) is 11.2. The first kappa shape index (κ1) is 21.3. The number of carbonyl (C=O) groups excluding carboxylic acids is 2. The summed E-state index contributed by atoms with van der Waals surface area (Å²) in [6.45, 7) is 7.95. The van der Waals surface area contributed by atoms with Crippen molar-refractivity contribution in [1.82, 2.24) is 9.80 Å². The van der Waals surface area contributed by atoms with Crippen molar-refractivity contribution in [3.63, 3.8) is 0 Å². The zero-order valence-electron chi connectivity index (χ0n) is 15.3. The summed E-state index contributed by atoms with van der Waals surface area (Å²) in [5, 5.41) is 0. The Balaban J connectivity index is 0.00000312. The molecule has 1 heterocycles. The van der Waals surface area contributed by atoms with Gasteiger partial charge in [0.1, 0.15) is 5.75 Å². The van der Waals surface area contributed by atoms with Crippen LogP contribution < -0.4 is 10.5 Å². The maximum Gasteiger partial charge on any atom is 0.253 e. The molecule has 1 aromatic rings. The van der Waals surface area contributed by atoms with Gasteiger partial charge in [-0.3, -0.25) is 9.59 Å². The van der Waals surface area contributed by atoms with E-state index in [0.29, 0.717) is 31.7 Å². The molecule has 1 atom stereocenters. The van der Waals surface area contributed by atoms with Crippen molar-refractivity contribution in [3.8, 4) is 5.75 Å². The summed E-state index contributed by atoms with van der Waals surface area (Å²) in [5.41, 5.74) is 6.41. The molecule has 7 heteroatoms. The molecule has 0 aromatic heterocycles. The third kappa shape index (κ3) is 5.09. The van der Waals surface area contributed by atoms with Crippen LogP contribution in [-0.4, -0.2) is 60.9 Å². The Bertz CT molecular complexity index is 591. The fourth-order valence-corrected chi connectivity index (χ4v) is 2.61. The Hall–Kier alpha value is -1.79. The molecule has 1 aromatic carbocycles. The van der Waals surface area contributed by atoms with Crippen LogP contribution in [0.5, 0.6) is 5.75 Å². The molecule has 2 rings (SSSR count). The second-order valence-electron chi connectivity index (χ2n) is 7.19. The van der Waals surface area contributed by atoms with Crippen molar-refractivity contribution in [2.75, 3.05) is 33.3 Å². The molecule has 0 unspecified atom stereocenters. The predicted molar refractivity (Wildman–Crippen MR) is 100 cm³/mol. The number of nitrogens with zero attached hydrogens (tertiary/aromatic N) is 2. The van der Waals surface area contributed by atoms with Crippen LogP contribution >= 0.6 is 12.4 Å². The van der Waals surface area contributed by atoms with Gasteiger partial charge in [0.25, 0.3) is 5.91 Å². The molecular weight excluding hydrogens is 342 g/mol. The van der Waals surface area contributed by atoms with Gasteiger partial charge in [-0.2, -0.15) is 0 Å².